The zero-order valence-electron chi connectivity index (χ0n) is 20.0. The number of hydrogen-bond donors (Lipinski definition) is 1. The molecule has 0 aromatic heterocycles. The second kappa shape index (κ2) is 16.3. The highest BCUT2D eigenvalue weighted by Gasteiger charge is 2.22. The Kier molecular flexibility index (Phi) is 13.8. The first-order valence-electron chi connectivity index (χ1n) is 11.1. The lowest BCUT2D eigenvalue weighted by atomic mass is 10.1. The van der Waals surface area contributed by atoms with Gasteiger partial charge in [-0.2, -0.15) is 0 Å². The fourth-order valence-corrected chi connectivity index (χ4v) is 2.57. The molecule has 0 aliphatic heterocycles. The second-order valence-electron chi connectivity index (χ2n) is 6.99. The summed E-state index contributed by atoms with van der Waals surface area (Å²) in [5.41, 5.74) is 0.570. The number of carbonyl (C=O) groups excluding carboxylic acids is 4. The van der Waals surface area contributed by atoms with Gasteiger partial charge < -0.3 is 33.7 Å². The van der Waals surface area contributed by atoms with Crippen molar-refractivity contribution in [1.82, 2.24) is 5.32 Å². The smallest absolute Gasteiger partial charge is 0.468 e. The summed E-state index contributed by atoms with van der Waals surface area (Å²) in [4.78, 5) is 47.3. The van der Waals surface area contributed by atoms with E-state index >= 15 is 0 Å². The van der Waals surface area contributed by atoms with Crippen LogP contribution in [0.4, 0.5) is 9.59 Å². The van der Waals surface area contributed by atoms with E-state index < -0.39 is 24.3 Å². The molecule has 0 aliphatic rings. The van der Waals surface area contributed by atoms with E-state index in [1.165, 1.54) is 19.2 Å². The molecule has 1 aromatic carbocycles. The van der Waals surface area contributed by atoms with Crippen molar-refractivity contribution in [3.8, 4) is 11.5 Å². The van der Waals surface area contributed by atoms with Crippen molar-refractivity contribution in [2.75, 3.05) is 33.5 Å². The Balaban J connectivity index is 2.99. The summed E-state index contributed by atoms with van der Waals surface area (Å²) in [6.07, 6.45) is -0.301. The van der Waals surface area contributed by atoms with E-state index in [1.54, 1.807) is 13.0 Å². The molecular weight excluding hydrogens is 450 g/mol. The Morgan fingerprint density at radius 1 is 0.853 bits per heavy atom. The zero-order valence-corrected chi connectivity index (χ0v) is 20.0. The highest BCUT2D eigenvalue weighted by Crippen LogP contribution is 2.30. The topological polar surface area (TPSA) is 136 Å². The monoisotopic (exact) mass is 483 g/mol. The zero-order chi connectivity index (χ0) is 25.3. The molecule has 0 bridgehead atoms. The summed E-state index contributed by atoms with van der Waals surface area (Å²) in [5, 5.41) is 2.97. The molecule has 0 saturated carbocycles. The maximum atomic E-state index is 12.2. The Labute approximate surface area is 199 Å². The Morgan fingerprint density at radius 2 is 1.47 bits per heavy atom. The third-order valence-corrected chi connectivity index (χ3v) is 4.21. The average Bonchev–Trinajstić information content (AvgIpc) is 2.83. The van der Waals surface area contributed by atoms with Crippen molar-refractivity contribution in [2.45, 2.75) is 52.5 Å². The van der Waals surface area contributed by atoms with Crippen LogP contribution in [0.5, 0.6) is 11.5 Å². The van der Waals surface area contributed by atoms with Gasteiger partial charge in [0.05, 0.1) is 20.3 Å². The first-order valence-corrected chi connectivity index (χ1v) is 11.1. The van der Waals surface area contributed by atoms with Crippen molar-refractivity contribution in [2.24, 2.45) is 0 Å². The number of nitrogens with one attached hydrogen (secondary N) is 1. The molecule has 0 amide bonds. The Hall–Kier alpha value is -3.34. The van der Waals surface area contributed by atoms with Gasteiger partial charge in [-0.05, 0) is 37.0 Å². The first-order chi connectivity index (χ1) is 16.3. The molecule has 190 valence electrons. The SMILES string of the molecule is CCCOC(=O)Oc1ccc(C[C@H](NCCOC(=O)CC)C(=O)OC)cc1OC(=O)OCCC. The summed E-state index contributed by atoms with van der Waals surface area (Å²) >= 11 is 0. The van der Waals surface area contributed by atoms with Gasteiger partial charge in [0.15, 0.2) is 11.5 Å². The molecule has 11 heteroatoms. The maximum absolute atomic E-state index is 12.2. The van der Waals surface area contributed by atoms with E-state index in [1.807, 2.05) is 13.8 Å². The Bertz CT molecular complexity index is 811. The van der Waals surface area contributed by atoms with Crippen LogP contribution in [0.2, 0.25) is 0 Å². The van der Waals surface area contributed by atoms with Gasteiger partial charge in [-0.1, -0.05) is 26.8 Å². The highest BCUT2D eigenvalue weighted by atomic mass is 16.7. The number of ether oxygens (including phenoxy) is 6. The summed E-state index contributed by atoms with van der Waals surface area (Å²) in [7, 11) is 1.26. The van der Waals surface area contributed by atoms with Crippen LogP contribution in [-0.2, 0) is 35.0 Å². The van der Waals surface area contributed by atoms with Crippen molar-refractivity contribution >= 4 is 24.2 Å². The van der Waals surface area contributed by atoms with Gasteiger partial charge >= 0.3 is 24.2 Å². The number of carbonyl (C=O) groups is 4. The van der Waals surface area contributed by atoms with Crippen molar-refractivity contribution in [1.29, 1.82) is 0 Å². The molecule has 0 unspecified atom stereocenters. The predicted octanol–water partition coefficient (Wildman–Crippen LogP) is 3.16. The lowest BCUT2D eigenvalue weighted by molar-refractivity contribution is -0.143. The molecule has 0 radical (unpaired) electrons. The Morgan fingerprint density at radius 3 is 2.03 bits per heavy atom. The molecule has 34 heavy (non-hydrogen) atoms. The minimum atomic E-state index is -0.967. The van der Waals surface area contributed by atoms with Gasteiger partial charge in [-0.25, -0.2) is 9.59 Å². The average molecular weight is 484 g/mol. The fraction of sp³-hybridized carbons (Fsp3) is 0.565. The normalized spacial score (nSPS) is 11.2. The lowest BCUT2D eigenvalue weighted by Gasteiger charge is -2.18. The molecule has 0 aliphatic carbocycles. The van der Waals surface area contributed by atoms with Crippen molar-refractivity contribution in [3.05, 3.63) is 23.8 Å². The summed E-state index contributed by atoms with van der Waals surface area (Å²) in [6.45, 7) is 5.99. The fourth-order valence-electron chi connectivity index (χ4n) is 2.57. The van der Waals surface area contributed by atoms with Gasteiger partial charge in [-0.3, -0.25) is 9.59 Å². The van der Waals surface area contributed by atoms with Crippen LogP contribution in [0.25, 0.3) is 0 Å². The number of hydrogen-bond acceptors (Lipinski definition) is 11. The molecule has 0 heterocycles. The second-order valence-corrected chi connectivity index (χ2v) is 6.99. The van der Waals surface area contributed by atoms with E-state index in [0.717, 1.165) is 0 Å². The molecule has 0 saturated heterocycles. The minimum absolute atomic E-state index is 0.0487. The van der Waals surface area contributed by atoms with Gasteiger partial charge in [0.25, 0.3) is 0 Å². The quantitative estimate of drug-likeness (QED) is 0.181. The molecule has 0 fully saturated rings. The predicted molar refractivity (Wildman–Crippen MR) is 120 cm³/mol. The van der Waals surface area contributed by atoms with Crippen LogP contribution in [0.1, 0.15) is 45.6 Å². The number of esters is 2. The van der Waals surface area contributed by atoms with E-state index in [4.69, 9.17) is 28.4 Å². The van der Waals surface area contributed by atoms with E-state index in [0.29, 0.717) is 18.4 Å². The van der Waals surface area contributed by atoms with Gasteiger partial charge in [0.1, 0.15) is 12.6 Å². The molecular formula is C23H33NO10. The van der Waals surface area contributed by atoms with Crippen LogP contribution < -0.4 is 14.8 Å². The summed E-state index contributed by atoms with van der Waals surface area (Å²) in [5.74, 6) is -1.00. The highest BCUT2D eigenvalue weighted by molar-refractivity contribution is 5.76. The van der Waals surface area contributed by atoms with Crippen LogP contribution in [-0.4, -0.2) is 63.8 Å². The molecule has 0 spiro atoms. The number of benzene rings is 1. The number of methoxy groups -OCH3 is 1. The molecule has 1 N–H and O–H groups in total. The third-order valence-electron chi connectivity index (χ3n) is 4.21. The van der Waals surface area contributed by atoms with Gasteiger partial charge in [-0.15, -0.1) is 0 Å². The molecule has 11 nitrogen and oxygen atoms in total. The molecule has 1 rings (SSSR count). The summed E-state index contributed by atoms with van der Waals surface area (Å²) in [6, 6.07) is 3.69. The third kappa shape index (κ3) is 11.0. The van der Waals surface area contributed by atoms with Crippen LogP contribution in [0.3, 0.4) is 0 Å². The molecule has 1 aromatic rings. The number of rotatable bonds is 14. The van der Waals surface area contributed by atoms with Gasteiger partial charge in [0, 0.05) is 13.0 Å². The van der Waals surface area contributed by atoms with Crippen LogP contribution in [0, 0.1) is 0 Å². The van der Waals surface area contributed by atoms with E-state index in [9.17, 15) is 19.2 Å². The standard InChI is InChI=1S/C23H33NO10/c1-5-11-31-22(27)33-18-9-8-16(15-19(18)34-23(28)32-12-6-2)14-17(21(26)29-4)24-10-13-30-20(25)7-3/h8-9,15,17,24H,5-7,10-14H2,1-4H3/t17-/m0/s1. The minimum Gasteiger partial charge on any atom is -0.468 e. The van der Waals surface area contributed by atoms with Crippen LogP contribution >= 0.6 is 0 Å². The molecule has 1 atom stereocenters. The van der Waals surface area contributed by atoms with Crippen LogP contribution in [0.15, 0.2) is 18.2 Å². The lowest BCUT2D eigenvalue weighted by Crippen LogP contribution is -2.41. The van der Waals surface area contributed by atoms with Gasteiger partial charge in [0.2, 0.25) is 0 Å². The van der Waals surface area contributed by atoms with Crippen molar-refractivity contribution in [3.63, 3.8) is 0 Å². The first kappa shape index (κ1) is 28.7. The maximum Gasteiger partial charge on any atom is 0.513 e. The van der Waals surface area contributed by atoms with Crippen molar-refractivity contribution < 1.29 is 47.6 Å². The summed E-state index contributed by atoms with van der Waals surface area (Å²) < 4.78 is 30.0. The van der Waals surface area contributed by atoms with E-state index in [2.05, 4.69) is 5.32 Å². The largest absolute Gasteiger partial charge is 0.513 e. The van der Waals surface area contributed by atoms with E-state index in [-0.39, 0.29) is 56.7 Å².